The topological polar surface area (TPSA) is 64.8 Å². The standard InChI is InChI=1S/C14H20N2O3/c1-10(16-5-7-19-8-6-16)14(17)11-3-4-13(18-2)12(15)9-11/h3-4,9-10H,5-8,15H2,1-2H3. The number of Topliss-reactive ketones (excluding diaryl/α,β-unsaturated/α-hetero) is 1. The van der Waals surface area contributed by atoms with Crippen molar-refractivity contribution in [1.29, 1.82) is 0 Å². The van der Waals surface area contributed by atoms with Crippen LogP contribution in [0.5, 0.6) is 5.75 Å². The third-order valence-electron chi connectivity index (χ3n) is 3.49. The van der Waals surface area contributed by atoms with Crippen molar-refractivity contribution in [2.24, 2.45) is 0 Å². The second-order valence-electron chi connectivity index (χ2n) is 4.65. The summed E-state index contributed by atoms with van der Waals surface area (Å²) in [4.78, 5) is 14.5. The summed E-state index contributed by atoms with van der Waals surface area (Å²) in [5, 5.41) is 0. The minimum absolute atomic E-state index is 0.0799. The maximum atomic E-state index is 12.4. The average molecular weight is 264 g/mol. The fourth-order valence-corrected chi connectivity index (χ4v) is 2.26. The molecule has 0 aromatic heterocycles. The lowest BCUT2D eigenvalue weighted by molar-refractivity contribution is 0.0208. The number of rotatable bonds is 4. The normalized spacial score (nSPS) is 18.0. The quantitative estimate of drug-likeness (QED) is 0.653. The van der Waals surface area contributed by atoms with Gasteiger partial charge in [0.2, 0.25) is 0 Å². The van der Waals surface area contributed by atoms with Crippen LogP contribution in [0.4, 0.5) is 5.69 Å². The molecule has 1 heterocycles. The summed E-state index contributed by atoms with van der Waals surface area (Å²) in [7, 11) is 1.56. The number of carbonyl (C=O) groups is 1. The molecule has 1 aromatic carbocycles. The predicted octanol–water partition coefficient (Wildman–Crippen LogP) is 1.18. The van der Waals surface area contributed by atoms with Crippen LogP contribution in [-0.4, -0.2) is 50.1 Å². The highest BCUT2D eigenvalue weighted by atomic mass is 16.5. The second kappa shape index (κ2) is 6.04. The maximum Gasteiger partial charge on any atom is 0.179 e. The van der Waals surface area contributed by atoms with E-state index in [4.69, 9.17) is 15.2 Å². The molecule has 0 bridgehead atoms. The first-order valence-electron chi connectivity index (χ1n) is 6.43. The minimum Gasteiger partial charge on any atom is -0.495 e. The summed E-state index contributed by atoms with van der Waals surface area (Å²) in [6.45, 7) is 4.87. The Bertz CT molecular complexity index is 456. The Morgan fingerprint density at radius 2 is 2.11 bits per heavy atom. The molecule has 2 rings (SSSR count). The Balaban J connectivity index is 2.12. The van der Waals surface area contributed by atoms with E-state index < -0.39 is 0 Å². The lowest BCUT2D eigenvalue weighted by Gasteiger charge is -2.31. The number of morpholine rings is 1. The number of carbonyl (C=O) groups excluding carboxylic acids is 1. The van der Waals surface area contributed by atoms with Crippen LogP contribution >= 0.6 is 0 Å². The van der Waals surface area contributed by atoms with Crippen molar-refractivity contribution in [1.82, 2.24) is 4.90 Å². The third kappa shape index (κ3) is 3.05. The molecule has 0 aliphatic carbocycles. The van der Waals surface area contributed by atoms with E-state index in [1.807, 2.05) is 6.92 Å². The predicted molar refractivity (Wildman–Crippen MR) is 73.6 cm³/mol. The molecule has 1 atom stereocenters. The van der Waals surface area contributed by atoms with Crippen LogP contribution in [0.25, 0.3) is 0 Å². The van der Waals surface area contributed by atoms with Crippen molar-refractivity contribution in [3.63, 3.8) is 0 Å². The maximum absolute atomic E-state index is 12.4. The molecule has 1 aliphatic rings. The van der Waals surface area contributed by atoms with E-state index >= 15 is 0 Å². The fourth-order valence-electron chi connectivity index (χ4n) is 2.26. The van der Waals surface area contributed by atoms with Gasteiger partial charge in [0, 0.05) is 18.7 Å². The second-order valence-corrected chi connectivity index (χ2v) is 4.65. The van der Waals surface area contributed by atoms with E-state index in [1.54, 1.807) is 25.3 Å². The molecule has 5 heteroatoms. The van der Waals surface area contributed by atoms with Crippen LogP contribution in [0.1, 0.15) is 17.3 Å². The van der Waals surface area contributed by atoms with Gasteiger partial charge in [-0.2, -0.15) is 0 Å². The van der Waals surface area contributed by atoms with Crippen molar-refractivity contribution in [2.45, 2.75) is 13.0 Å². The number of anilines is 1. The highest BCUT2D eigenvalue weighted by molar-refractivity contribution is 6.00. The van der Waals surface area contributed by atoms with Crippen LogP contribution < -0.4 is 10.5 Å². The van der Waals surface area contributed by atoms with Crippen LogP contribution in [-0.2, 0) is 4.74 Å². The van der Waals surface area contributed by atoms with Gasteiger partial charge in [-0.3, -0.25) is 9.69 Å². The zero-order valence-electron chi connectivity index (χ0n) is 11.4. The summed E-state index contributed by atoms with van der Waals surface area (Å²) in [5.41, 5.74) is 6.95. The van der Waals surface area contributed by atoms with Gasteiger partial charge in [-0.15, -0.1) is 0 Å². The molecule has 1 saturated heterocycles. The summed E-state index contributed by atoms with van der Waals surface area (Å²) in [6, 6.07) is 5.01. The van der Waals surface area contributed by atoms with Gasteiger partial charge in [0.25, 0.3) is 0 Å². The first kappa shape index (κ1) is 13.8. The number of benzene rings is 1. The molecule has 1 aliphatic heterocycles. The summed E-state index contributed by atoms with van der Waals surface area (Å²) in [5.74, 6) is 0.673. The smallest absolute Gasteiger partial charge is 0.179 e. The number of nitrogens with two attached hydrogens (primary N) is 1. The molecule has 1 aromatic rings. The van der Waals surface area contributed by atoms with Crippen LogP contribution in [0.15, 0.2) is 18.2 Å². The first-order chi connectivity index (χ1) is 9.13. The van der Waals surface area contributed by atoms with Gasteiger partial charge in [0.05, 0.1) is 32.1 Å². The van der Waals surface area contributed by atoms with Crippen LogP contribution in [0.2, 0.25) is 0 Å². The SMILES string of the molecule is COc1ccc(C(=O)C(C)N2CCOCC2)cc1N. The lowest BCUT2D eigenvalue weighted by Crippen LogP contribution is -2.45. The summed E-state index contributed by atoms with van der Waals surface area (Å²) in [6.07, 6.45) is 0. The van der Waals surface area contributed by atoms with Gasteiger partial charge in [-0.1, -0.05) is 0 Å². The van der Waals surface area contributed by atoms with E-state index in [2.05, 4.69) is 4.90 Å². The Morgan fingerprint density at radius 3 is 2.68 bits per heavy atom. The van der Waals surface area contributed by atoms with Gasteiger partial charge >= 0.3 is 0 Å². The lowest BCUT2D eigenvalue weighted by atomic mass is 10.0. The van der Waals surface area contributed by atoms with Crippen molar-refractivity contribution in [2.75, 3.05) is 39.1 Å². The number of ether oxygens (including phenoxy) is 2. The molecule has 19 heavy (non-hydrogen) atoms. The van der Waals surface area contributed by atoms with Crippen molar-refractivity contribution in [3.8, 4) is 5.75 Å². The number of hydrogen-bond acceptors (Lipinski definition) is 5. The van der Waals surface area contributed by atoms with Crippen LogP contribution in [0, 0.1) is 0 Å². The van der Waals surface area contributed by atoms with E-state index in [0.717, 1.165) is 13.1 Å². The Hall–Kier alpha value is -1.59. The Morgan fingerprint density at radius 1 is 1.42 bits per heavy atom. The molecular formula is C14H20N2O3. The number of ketones is 1. The highest BCUT2D eigenvalue weighted by Gasteiger charge is 2.24. The number of nitrogen functional groups attached to an aromatic ring is 1. The van der Waals surface area contributed by atoms with Gasteiger partial charge in [-0.05, 0) is 25.1 Å². The zero-order valence-corrected chi connectivity index (χ0v) is 11.4. The van der Waals surface area contributed by atoms with Gasteiger partial charge in [0.1, 0.15) is 5.75 Å². The van der Waals surface area contributed by atoms with E-state index in [9.17, 15) is 4.79 Å². The molecule has 5 nitrogen and oxygen atoms in total. The molecule has 1 fully saturated rings. The Kier molecular flexibility index (Phi) is 4.39. The summed E-state index contributed by atoms with van der Waals surface area (Å²) < 4.78 is 10.4. The molecule has 0 radical (unpaired) electrons. The monoisotopic (exact) mass is 264 g/mol. The fraction of sp³-hybridized carbons (Fsp3) is 0.500. The first-order valence-corrected chi connectivity index (χ1v) is 6.43. The van der Waals surface area contributed by atoms with Gasteiger partial charge in [0.15, 0.2) is 5.78 Å². The van der Waals surface area contributed by atoms with E-state index in [-0.39, 0.29) is 11.8 Å². The largest absolute Gasteiger partial charge is 0.495 e. The number of nitrogens with zero attached hydrogens (tertiary/aromatic N) is 1. The van der Waals surface area contributed by atoms with Gasteiger partial charge < -0.3 is 15.2 Å². The average Bonchev–Trinajstić information content (AvgIpc) is 2.46. The molecule has 104 valence electrons. The Labute approximate surface area is 113 Å². The number of methoxy groups -OCH3 is 1. The zero-order chi connectivity index (χ0) is 13.8. The molecule has 0 spiro atoms. The van der Waals surface area contributed by atoms with Crippen LogP contribution in [0.3, 0.4) is 0 Å². The molecule has 0 saturated carbocycles. The van der Waals surface area contributed by atoms with E-state index in [1.165, 1.54) is 0 Å². The van der Waals surface area contributed by atoms with E-state index in [0.29, 0.717) is 30.2 Å². The van der Waals surface area contributed by atoms with Crippen molar-refractivity contribution >= 4 is 11.5 Å². The minimum atomic E-state index is -0.156. The molecule has 2 N–H and O–H groups in total. The molecular weight excluding hydrogens is 244 g/mol. The van der Waals surface area contributed by atoms with Crippen molar-refractivity contribution in [3.05, 3.63) is 23.8 Å². The van der Waals surface area contributed by atoms with Gasteiger partial charge in [-0.25, -0.2) is 0 Å². The van der Waals surface area contributed by atoms with Crippen molar-refractivity contribution < 1.29 is 14.3 Å². The number of hydrogen-bond donors (Lipinski definition) is 1. The summed E-state index contributed by atoms with van der Waals surface area (Å²) >= 11 is 0. The highest BCUT2D eigenvalue weighted by Crippen LogP contribution is 2.23. The third-order valence-corrected chi connectivity index (χ3v) is 3.49. The molecule has 1 unspecified atom stereocenters. The molecule has 0 amide bonds.